The minimum absolute atomic E-state index is 0. The van der Waals surface area contributed by atoms with Crippen LogP contribution in [0, 0.1) is 0 Å². The normalized spacial score (nSPS) is 9.76. The van der Waals surface area contributed by atoms with Crippen molar-refractivity contribution in [3.05, 3.63) is 48.5 Å². The van der Waals surface area contributed by atoms with Crippen LogP contribution in [-0.2, 0) is 17.1 Å². The van der Waals surface area contributed by atoms with E-state index in [4.69, 9.17) is 45.0 Å². The van der Waals surface area contributed by atoms with Crippen LogP contribution in [0.2, 0.25) is 0 Å². The zero-order valence-corrected chi connectivity index (χ0v) is 14.3. The molecule has 0 saturated heterocycles. The van der Waals surface area contributed by atoms with Gasteiger partial charge in [-0.2, -0.15) is 24.3 Å². The standard InChI is InChI=1S/2C5H4Cl2P.Fe/c2*6-8(7)5-3-1-2-4-5;/h2*1-4H;/q2*-1;+2. The quantitative estimate of drug-likeness (QED) is 0.355. The Balaban J connectivity index is 0.000000284. The molecule has 0 nitrogen and oxygen atoms in total. The number of rotatable bonds is 2. The van der Waals surface area contributed by atoms with E-state index in [1.165, 1.54) is 0 Å². The van der Waals surface area contributed by atoms with Crippen LogP contribution in [0.25, 0.3) is 0 Å². The molecule has 0 fully saturated rings. The monoisotopic (exact) mass is 386 g/mol. The first kappa shape index (κ1) is 18.2. The predicted molar refractivity (Wildman–Crippen MR) is 80.6 cm³/mol. The van der Waals surface area contributed by atoms with Gasteiger partial charge in [0.05, 0.1) is 13.3 Å². The van der Waals surface area contributed by atoms with Crippen molar-refractivity contribution >= 4 is 68.8 Å². The molecule has 0 aliphatic rings. The van der Waals surface area contributed by atoms with E-state index in [9.17, 15) is 0 Å². The van der Waals surface area contributed by atoms with Crippen molar-refractivity contribution in [3.63, 3.8) is 0 Å². The van der Waals surface area contributed by atoms with E-state index in [0.717, 1.165) is 10.6 Å². The zero-order chi connectivity index (χ0) is 12.0. The Bertz CT molecular complexity index is 335. The van der Waals surface area contributed by atoms with Gasteiger partial charge in [-0.15, -0.1) is 10.6 Å². The molecule has 7 heteroatoms. The molecule has 17 heavy (non-hydrogen) atoms. The smallest absolute Gasteiger partial charge is 0.213 e. The van der Waals surface area contributed by atoms with Crippen molar-refractivity contribution in [3.8, 4) is 0 Å². The molecule has 0 spiro atoms. The first-order valence-corrected chi connectivity index (χ1v) is 10.6. The molecule has 0 aromatic heterocycles. The van der Waals surface area contributed by atoms with Crippen LogP contribution in [0.5, 0.6) is 0 Å². The second-order valence-electron chi connectivity index (χ2n) is 2.75. The fourth-order valence-electron chi connectivity index (χ4n) is 0.953. The molecule has 0 radical (unpaired) electrons. The molecule has 2 rings (SSSR count). The summed E-state index contributed by atoms with van der Waals surface area (Å²) in [4.78, 5) is 0. The topological polar surface area (TPSA) is 0 Å². The van der Waals surface area contributed by atoms with Gasteiger partial charge in [-0.1, -0.05) is 45.0 Å². The molecule has 0 amide bonds. The number of hydrogen-bond acceptors (Lipinski definition) is 0. The molecule has 2 aromatic rings. The van der Waals surface area contributed by atoms with Crippen molar-refractivity contribution < 1.29 is 17.1 Å². The van der Waals surface area contributed by atoms with Crippen LogP contribution in [-0.4, -0.2) is 0 Å². The molecule has 0 aliphatic carbocycles. The summed E-state index contributed by atoms with van der Waals surface area (Å²) in [7, 11) is 0. The van der Waals surface area contributed by atoms with E-state index in [-0.39, 0.29) is 17.1 Å². The van der Waals surface area contributed by atoms with Crippen molar-refractivity contribution in [2.75, 3.05) is 0 Å². The Morgan fingerprint density at radius 1 is 0.588 bits per heavy atom. The molecular formula is C10H8Cl4FeP2. The van der Waals surface area contributed by atoms with E-state index in [1.54, 1.807) is 0 Å². The molecule has 0 unspecified atom stereocenters. The SMILES string of the molecule is ClP(Cl)[c-]1cccc1.ClP(Cl)[c-]1cccc1.[Fe+2]. The summed E-state index contributed by atoms with van der Waals surface area (Å²) in [6.07, 6.45) is 0. The summed E-state index contributed by atoms with van der Waals surface area (Å²) < 4.78 is 0. The van der Waals surface area contributed by atoms with Gasteiger partial charge < -0.3 is 0 Å². The van der Waals surface area contributed by atoms with Crippen LogP contribution in [0.15, 0.2) is 48.5 Å². The van der Waals surface area contributed by atoms with Gasteiger partial charge in [0, 0.05) is 0 Å². The Morgan fingerprint density at radius 3 is 0.941 bits per heavy atom. The molecule has 94 valence electrons. The van der Waals surface area contributed by atoms with E-state index in [2.05, 4.69) is 0 Å². The molecule has 0 heterocycles. The van der Waals surface area contributed by atoms with Crippen LogP contribution in [0.3, 0.4) is 0 Å². The summed E-state index contributed by atoms with van der Waals surface area (Å²) in [5.41, 5.74) is 0. The number of halogens is 4. The Hall–Kier alpha value is 1.24. The van der Waals surface area contributed by atoms with Gasteiger partial charge in [0.1, 0.15) is 0 Å². The van der Waals surface area contributed by atoms with Crippen molar-refractivity contribution in [2.45, 2.75) is 0 Å². The third-order valence-corrected chi connectivity index (χ3v) is 5.40. The van der Waals surface area contributed by atoms with Crippen LogP contribution in [0.4, 0.5) is 0 Å². The van der Waals surface area contributed by atoms with Crippen molar-refractivity contribution in [1.82, 2.24) is 0 Å². The largest absolute Gasteiger partial charge is 2.00 e. The molecule has 0 N–H and O–H groups in total. The second-order valence-corrected chi connectivity index (χ2v) is 9.81. The van der Waals surface area contributed by atoms with Crippen molar-refractivity contribution in [1.29, 1.82) is 0 Å². The minimum atomic E-state index is -0.914. The molecule has 2 aromatic carbocycles. The van der Waals surface area contributed by atoms with E-state index in [1.807, 2.05) is 48.5 Å². The van der Waals surface area contributed by atoms with E-state index >= 15 is 0 Å². The van der Waals surface area contributed by atoms with Crippen LogP contribution >= 0.6 is 58.2 Å². The minimum Gasteiger partial charge on any atom is -0.213 e. The first-order valence-electron chi connectivity index (χ1n) is 4.28. The molecular weight excluding hydrogens is 380 g/mol. The van der Waals surface area contributed by atoms with E-state index in [0.29, 0.717) is 0 Å². The van der Waals surface area contributed by atoms with Gasteiger partial charge in [-0.25, -0.2) is 24.3 Å². The third kappa shape index (κ3) is 7.41. The average molecular weight is 388 g/mol. The molecule has 0 aliphatic heterocycles. The maximum atomic E-state index is 5.57. The van der Waals surface area contributed by atoms with Gasteiger partial charge in [0.15, 0.2) is 0 Å². The van der Waals surface area contributed by atoms with Gasteiger partial charge in [-0.3, -0.25) is 0 Å². The first-order chi connectivity index (χ1) is 7.61. The average Bonchev–Trinajstić information content (AvgIpc) is 2.93. The van der Waals surface area contributed by atoms with Gasteiger partial charge in [0.25, 0.3) is 0 Å². The van der Waals surface area contributed by atoms with Gasteiger partial charge in [0.2, 0.25) is 0 Å². The number of hydrogen-bond donors (Lipinski definition) is 0. The van der Waals surface area contributed by atoms with Crippen LogP contribution < -0.4 is 10.6 Å². The third-order valence-electron chi connectivity index (χ3n) is 1.68. The zero-order valence-electron chi connectivity index (χ0n) is 8.38. The summed E-state index contributed by atoms with van der Waals surface area (Å²) in [6, 6.07) is 15.4. The summed E-state index contributed by atoms with van der Waals surface area (Å²) in [6.45, 7) is -1.83. The van der Waals surface area contributed by atoms with Crippen LogP contribution in [0.1, 0.15) is 0 Å². The Labute approximate surface area is 133 Å². The fourth-order valence-corrected chi connectivity index (χ4v) is 3.10. The molecule has 0 saturated carbocycles. The Kier molecular flexibility index (Phi) is 10.8. The van der Waals surface area contributed by atoms with Gasteiger partial charge in [-0.05, 0) is 0 Å². The summed E-state index contributed by atoms with van der Waals surface area (Å²) in [5, 5.41) is 2.06. The second kappa shape index (κ2) is 10.1. The Morgan fingerprint density at radius 2 is 0.824 bits per heavy atom. The summed E-state index contributed by atoms with van der Waals surface area (Å²) in [5.74, 6) is 0. The van der Waals surface area contributed by atoms with E-state index < -0.39 is 13.3 Å². The van der Waals surface area contributed by atoms with Crippen molar-refractivity contribution in [2.24, 2.45) is 0 Å². The maximum absolute atomic E-state index is 5.57. The summed E-state index contributed by atoms with van der Waals surface area (Å²) >= 11 is 22.3. The predicted octanol–water partition coefficient (Wildman–Crippen LogP) is 5.64. The maximum Gasteiger partial charge on any atom is 2.00 e. The molecule has 0 atom stereocenters. The van der Waals surface area contributed by atoms with Gasteiger partial charge >= 0.3 is 17.1 Å². The molecule has 0 bridgehead atoms. The fraction of sp³-hybridized carbons (Fsp3) is 0.